The Balaban J connectivity index is 1.97. The molecule has 0 unspecified atom stereocenters. The van der Waals surface area contributed by atoms with Gasteiger partial charge in [-0.1, -0.05) is 11.6 Å². The molecule has 0 fully saturated rings. The van der Waals surface area contributed by atoms with Crippen LogP contribution in [-0.4, -0.2) is 50.2 Å². The molecule has 8 nitrogen and oxygen atoms in total. The topological polar surface area (TPSA) is 108 Å². The van der Waals surface area contributed by atoms with Gasteiger partial charge < -0.3 is 9.84 Å². The van der Waals surface area contributed by atoms with Crippen LogP contribution in [-0.2, 0) is 14.8 Å². The van der Waals surface area contributed by atoms with Crippen LogP contribution in [0.1, 0.15) is 12.5 Å². The van der Waals surface area contributed by atoms with Crippen LogP contribution in [0.5, 0.6) is 11.5 Å². The van der Waals surface area contributed by atoms with Crippen LogP contribution in [0.2, 0.25) is 5.02 Å². The quantitative estimate of drug-likeness (QED) is 0.498. The molecule has 0 aliphatic carbocycles. The van der Waals surface area contributed by atoms with Crippen LogP contribution >= 0.6 is 11.6 Å². The van der Waals surface area contributed by atoms with Crippen molar-refractivity contribution in [1.82, 2.24) is 9.73 Å². The molecule has 0 aliphatic rings. The van der Waals surface area contributed by atoms with Crippen LogP contribution in [0.3, 0.4) is 0 Å². The summed E-state index contributed by atoms with van der Waals surface area (Å²) in [6, 6.07) is 10.2. The highest BCUT2D eigenvalue weighted by molar-refractivity contribution is 7.89. The van der Waals surface area contributed by atoms with Gasteiger partial charge in [0.25, 0.3) is 5.91 Å². The van der Waals surface area contributed by atoms with E-state index in [-0.39, 0.29) is 10.6 Å². The third-order valence-corrected chi connectivity index (χ3v) is 5.64. The maximum atomic E-state index is 12.4. The fourth-order valence-corrected chi connectivity index (χ4v) is 3.42. The minimum absolute atomic E-state index is 0.00272. The van der Waals surface area contributed by atoms with Crippen molar-refractivity contribution in [2.75, 3.05) is 20.2 Å². The average Bonchev–Trinajstić information content (AvgIpc) is 2.64. The van der Waals surface area contributed by atoms with Gasteiger partial charge in [-0.05, 0) is 55.0 Å². The number of ether oxygens (including phenoxy) is 1. The molecule has 0 bridgehead atoms. The summed E-state index contributed by atoms with van der Waals surface area (Å²) in [6.45, 7) is 1.76. The molecule has 0 aliphatic heterocycles. The molecule has 2 aromatic rings. The van der Waals surface area contributed by atoms with Crippen molar-refractivity contribution < 1.29 is 23.1 Å². The third-order valence-electron chi connectivity index (χ3n) is 3.57. The number of hydrogen-bond donors (Lipinski definition) is 2. The fraction of sp³-hybridized carbons (Fsp3) is 0.222. The lowest BCUT2D eigenvalue weighted by Gasteiger charge is -2.16. The van der Waals surface area contributed by atoms with Crippen LogP contribution in [0.15, 0.2) is 52.5 Å². The number of carbonyl (C=O) groups is 1. The number of sulfonamides is 1. The van der Waals surface area contributed by atoms with Crippen LogP contribution in [0.25, 0.3) is 0 Å². The molecule has 0 heterocycles. The number of halogens is 1. The van der Waals surface area contributed by atoms with Crippen molar-refractivity contribution in [3.63, 3.8) is 0 Å². The van der Waals surface area contributed by atoms with Gasteiger partial charge in [-0.25, -0.2) is 13.8 Å². The summed E-state index contributed by atoms with van der Waals surface area (Å²) < 4.78 is 31.0. The van der Waals surface area contributed by atoms with E-state index in [0.29, 0.717) is 22.9 Å². The number of nitrogens with zero attached hydrogens (tertiary/aromatic N) is 2. The number of nitrogens with one attached hydrogen (secondary N) is 1. The highest BCUT2D eigenvalue weighted by atomic mass is 35.5. The van der Waals surface area contributed by atoms with Gasteiger partial charge in [0.1, 0.15) is 0 Å². The van der Waals surface area contributed by atoms with E-state index in [4.69, 9.17) is 16.3 Å². The van der Waals surface area contributed by atoms with E-state index in [1.807, 2.05) is 0 Å². The molecular formula is C18H20ClN3O5S. The van der Waals surface area contributed by atoms with Crippen LogP contribution in [0, 0.1) is 0 Å². The SMILES string of the molecule is CCOc1cc(/C=N\NC(=O)CN(C)S(=O)(=O)c2ccc(Cl)cc2)ccc1O. The van der Waals surface area contributed by atoms with Gasteiger partial charge >= 0.3 is 0 Å². The lowest BCUT2D eigenvalue weighted by molar-refractivity contribution is -0.121. The Morgan fingerprint density at radius 3 is 2.61 bits per heavy atom. The number of amides is 1. The molecule has 10 heteroatoms. The molecule has 0 saturated carbocycles. The Kier molecular flexibility index (Phi) is 7.38. The van der Waals surface area contributed by atoms with E-state index in [2.05, 4.69) is 10.5 Å². The predicted molar refractivity (Wildman–Crippen MR) is 106 cm³/mol. The molecule has 2 aromatic carbocycles. The number of hydrogen-bond acceptors (Lipinski definition) is 6. The van der Waals surface area contributed by atoms with E-state index < -0.39 is 22.5 Å². The van der Waals surface area contributed by atoms with E-state index in [0.717, 1.165) is 4.31 Å². The van der Waals surface area contributed by atoms with Gasteiger partial charge in [-0.15, -0.1) is 0 Å². The number of hydrazone groups is 1. The maximum absolute atomic E-state index is 12.4. The van der Waals surface area contributed by atoms with Crippen molar-refractivity contribution >= 4 is 33.7 Å². The highest BCUT2D eigenvalue weighted by Crippen LogP contribution is 2.26. The normalized spacial score (nSPS) is 11.7. The second-order valence-electron chi connectivity index (χ2n) is 5.67. The van der Waals surface area contributed by atoms with E-state index in [1.54, 1.807) is 19.1 Å². The Morgan fingerprint density at radius 1 is 1.29 bits per heavy atom. The van der Waals surface area contributed by atoms with Gasteiger partial charge in [0.15, 0.2) is 11.5 Å². The zero-order chi connectivity index (χ0) is 20.7. The smallest absolute Gasteiger partial charge is 0.255 e. The Hall–Kier alpha value is -2.62. The Bertz CT molecular complexity index is 962. The minimum atomic E-state index is -3.83. The fourth-order valence-electron chi connectivity index (χ4n) is 2.17. The summed E-state index contributed by atoms with van der Waals surface area (Å²) in [4.78, 5) is 12.0. The summed E-state index contributed by atoms with van der Waals surface area (Å²) in [5, 5.41) is 13.9. The maximum Gasteiger partial charge on any atom is 0.255 e. The number of carbonyl (C=O) groups excluding carboxylic acids is 1. The molecule has 0 radical (unpaired) electrons. The van der Waals surface area contributed by atoms with Gasteiger partial charge in [0.05, 0.1) is 24.3 Å². The van der Waals surface area contributed by atoms with E-state index in [1.165, 1.54) is 43.6 Å². The zero-order valence-electron chi connectivity index (χ0n) is 15.3. The summed E-state index contributed by atoms with van der Waals surface area (Å²) in [5.41, 5.74) is 2.85. The van der Waals surface area contributed by atoms with Gasteiger partial charge in [-0.3, -0.25) is 4.79 Å². The number of aromatic hydroxyl groups is 1. The number of phenolic OH excluding ortho intramolecular Hbond substituents is 1. The molecule has 0 spiro atoms. The first-order chi connectivity index (χ1) is 13.2. The zero-order valence-corrected chi connectivity index (χ0v) is 16.9. The third kappa shape index (κ3) is 5.69. The molecule has 2 rings (SSSR count). The Morgan fingerprint density at radius 2 is 1.96 bits per heavy atom. The summed E-state index contributed by atoms with van der Waals surface area (Å²) >= 11 is 5.76. The van der Waals surface area contributed by atoms with Crippen LogP contribution in [0.4, 0.5) is 0 Å². The minimum Gasteiger partial charge on any atom is -0.504 e. The molecule has 0 atom stereocenters. The molecular weight excluding hydrogens is 406 g/mol. The summed E-state index contributed by atoms with van der Waals surface area (Å²) in [5.74, 6) is -0.316. The molecule has 150 valence electrons. The van der Waals surface area contributed by atoms with Crippen molar-refractivity contribution in [3.05, 3.63) is 53.1 Å². The monoisotopic (exact) mass is 425 g/mol. The van der Waals surface area contributed by atoms with Crippen LogP contribution < -0.4 is 10.2 Å². The number of benzene rings is 2. The number of phenols is 1. The number of likely N-dealkylation sites (N-methyl/N-ethyl adjacent to an activating group) is 1. The molecule has 1 amide bonds. The standard InChI is InChI=1S/C18H20ClN3O5S/c1-3-27-17-10-13(4-9-16(17)23)11-20-21-18(24)12-22(2)28(25,26)15-7-5-14(19)6-8-15/h4-11,23H,3,12H2,1-2H3,(H,21,24)/b20-11-. The first-order valence-electron chi connectivity index (χ1n) is 8.23. The second-order valence-corrected chi connectivity index (χ2v) is 8.15. The van der Waals surface area contributed by atoms with Gasteiger partial charge in [-0.2, -0.15) is 9.41 Å². The molecule has 2 N–H and O–H groups in total. The van der Waals surface area contributed by atoms with Crippen molar-refractivity contribution in [3.8, 4) is 11.5 Å². The molecule has 0 aromatic heterocycles. The second kappa shape index (κ2) is 9.54. The van der Waals surface area contributed by atoms with E-state index >= 15 is 0 Å². The van der Waals surface area contributed by atoms with Crippen molar-refractivity contribution in [1.29, 1.82) is 0 Å². The summed E-state index contributed by atoms with van der Waals surface area (Å²) in [6.07, 6.45) is 1.35. The largest absolute Gasteiger partial charge is 0.504 e. The lowest BCUT2D eigenvalue weighted by Crippen LogP contribution is -2.36. The highest BCUT2D eigenvalue weighted by Gasteiger charge is 2.22. The van der Waals surface area contributed by atoms with Crippen molar-refractivity contribution in [2.24, 2.45) is 5.10 Å². The molecule has 28 heavy (non-hydrogen) atoms. The summed E-state index contributed by atoms with van der Waals surface area (Å²) in [7, 11) is -2.53. The molecule has 0 saturated heterocycles. The van der Waals surface area contributed by atoms with E-state index in [9.17, 15) is 18.3 Å². The van der Waals surface area contributed by atoms with Gasteiger partial charge in [0, 0.05) is 12.1 Å². The Labute approximate surface area is 168 Å². The predicted octanol–water partition coefficient (Wildman–Crippen LogP) is 2.22. The average molecular weight is 426 g/mol. The first-order valence-corrected chi connectivity index (χ1v) is 10.1. The first kappa shape index (κ1) is 21.7. The lowest BCUT2D eigenvalue weighted by atomic mass is 10.2. The van der Waals surface area contributed by atoms with Gasteiger partial charge in [0.2, 0.25) is 10.0 Å². The van der Waals surface area contributed by atoms with Crippen molar-refractivity contribution in [2.45, 2.75) is 11.8 Å². The number of rotatable bonds is 8.